The summed E-state index contributed by atoms with van der Waals surface area (Å²) >= 11 is 1.93. The van der Waals surface area contributed by atoms with Gasteiger partial charge in [0.05, 0.1) is 6.61 Å². The number of thioether (sulfide) groups is 1. The Labute approximate surface area is 103 Å². The lowest BCUT2D eigenvalue weighted by Crippen LogP contribution is -2.20. The third kappa shape index (κ3) is 6.16. The first kappa shape index (κ1) is 13.6. The fourth-order valence-corrected chi connectivity index (χ4v) is 2.36. The van der Waals surface area contributed by atoms with Crippen molar-refractivity contribution in [3.8, 4) is 0 Å². The lowest BCUT2D eigenvalue weighted by atomic mass is 10.2. The van der Waals surface area contributed by atoms with Crippen LogP contribution >= 0.6 is 11.8 Å². The molecule has 0 amide bonds. The number of aryl methyl sites for hydroxylation is 1. The molecule has 3 heteroatoms. The van der Waals surface area contributed by atoms with Crippen LogP contribution in [0.15, 0.2) is 29.2 Å². The van der Waals surface area contributed by atoms with E-state index in [0.29, 0.717) is 0 Å². The van der Waals surface area contributed by atoms with E-state index < -0.39 is 0 Å². The Kier molecular flexibility index (Phi) is 7.30. The second kappa shape index (κ2) is 8.62. The van der Waals surface area contributed by atoms with Crippen LogP contribution in [0.3, 0.4) is 0 Å². The Balaban J connectivity index is 2.03. The van der Waals surface area contributed by atoms with Crippen LogP contribution < -0.4 is 5.32 Å². The maximum absolute atomic E-state index is 4.96. The molecule has 0 aliphatic carbocycles. The first-order valence-corrected chi connectivity index (χ1v) is 6.70. The van der Waals surface area contributed by atoms with Gasteiger partial charge in [-0.15, -0.1) is 11.8 Å². The van der Waals surface area contributed by atoms with Gasteiger partial charge in [-0.2, -0.15) is 0 Å². The third-order valence-corrected chi connectivity index (χ3v) is 3.32. The molecule has 16 heavy (non-hydrogen) atoms. The van der Waals surface area contributed by atoms with Gasteiger partial charge in [0.1, 0.15) is 0 Å². The average Bonchev–Trinajstić information content (AvgIpc) is 2.28. The molecule has 0 fully saturated rings. The highest BCUT2D eigenvalue weighted by molar-refractivity contribution is 7.99. The molecule has 0 saturated carbocycles. The second-order valence-electron chi connectivity index (χ2n) is 3.76. The van der Waals surface area contributed by atoms with Gasteiger partial charge in [0.2, 0.25) is 0 Å². The van der Waals surface area contributed by atoms with Gasteiger partial charge >= 0.3 is 0 Å². The summed E-state index contributed by atoms with van der Waals surface area (Å²) in [4.78, 5) is 1.37. The number of ether oxygens (including phenoxy) is 1. The largest absolute Gasteiger partial charge is 0.383 e. The van der Waals surface area contributed by atoms with Crippen molar-refractivity contribution in [1.29, 1.82) is 0 Å². The molecular weight excluding hydrogens is 218 g/mol. The molecule has 0 bridgehead atoms. The van der Waals surface area contributed by atoms with Crippen molar-refractivity contribution >= 4 is 11.8 Å². The lowest BCUT2D eigenvalue weighted by molar-refractivity contribution is 0.199. The molecule has 0 atom stereocenters. The van der Waals surface area contributed by atoms with E-state index in [1.165, 1.54) is 22.6 Å². The van der Waals surface area contributed by atoms with Gasteiger partial charge in [0.15, 0.2) is 0 Å². The molecule has 0 radical (unpaired) electrons. The predicted molar refractivity (Wildman–Crippen MR) is 71.3 cm³/mol. The summed E-state index contributed by atoms with van der Waals surface area (Å²) in [6, 6.07) is 8.67. The van der Waals surface area contributed by atoms with E-state index in [4.69, 9.17) is 4.74 Å². The second-order valence-corrected chi connectivity index (χ2v) is 4.93. The standard InChI is InChI=1S/C13H21NOS/c1-12-5-3-6-13(11-12)16-10-4-7-14-8-9-15-2/h3,5-6,11,14H,4,7-10H2,1-2H3. The zero-order valence-electron chi connectivity index (χ0n) is 10.2. The molecule has 2 nitrogen and oxygen atoms in total. The van der Waals surface area contributed by atoms with Crippen molar-refractivity contribution in [1.82, 2.24) is 5.32 Å². The van der Waals surface area contributed by atoms with E-state index in [-0.39, 0.29) is 0 Å². The minimum Gasteiger partial charge on any atom is -0.383 e. The van der Waals surface area contributed by atoms with Crippen molar-refractivity contribution in [2.75, 3.05) is 32.6 Å². The highest BCUT2D eigenvalue weighted by atomic mass is 32.2. The molecule has 1 aromatic carbocycles. The Morgan fingerprint density at radius 1 is 1.31 bits per heavy atom. The highest BCUT2D eigenvalue weighted by Gasteiger charge is 1.94. The van der Waals surface area contributed by atoms with Crippen LogP contribution in [0, 0.1) is 6.92 Å². The smallest absolute Gasteiger partial charge is 0.0587 e. The summed E-state index contributed by atoms with van der Waals surface area (Å²) in [5.74, 6) is 1.17. The predicted octanol–water partition coefficient (Wildman–Crippen LogP) is 2.71. The summed E-state index contributed by atoms with van der Waals surface area (Å²) in [5, 5.41) is 3.35. The van der Waals surface area contributed by atoms with Crippen LogP contribution in [-0.2, 0) is 4.74 Å². The van der Waals surface area contributed by atoms with E-state index >= 15 is 0 Å². The van der Waals surface area contributed by atoms with Crippen LogP contribution in [0.4, 0.5) is 0 Å². The third-order valence-electron chi connectivity index (χ3n) is 2.24. The molecule has 1 aromatic rings. The van der Waals surface area contributed by atoms with E-state index in [1.807, 2.05) is 11.8 Å². The Hall–Kier alpha value is -0.510. The SMILES string of the molecule is COCCNCCCSc1cccc(C)c1. The minimum absolute atomic E-state index is 0.797. The Morgan fingerprint density at radius 3 is 2.94 bits per heavy atom. The van der Waals surface area contributed by atoms with Crippen LogP contribution in [-0.4, -0.2) is 32.6 Å². The number of nitrogens with one attached hydrogen (secondary N) is 1. The number of rotatable bonds is 8. The molecule has 0 unspecified atom stereocenters. The lowest BCUT2D eigenvalue weighted by Gasteiger charge is -2.04. The average molecular weight is 239 g/mol. The van der Waals surface area contributed by atoms with E-state index in [2.05, 4.69) is 36.5 Å². The van der Waals surface area contributed by atoms with Gasteiger partial charge in [0.25, 0.3) is 0 Å². The molecule has 1 rings (SSSR count). The molecule has 0 spiro atoms. The monoisotopic (exact) mass is 239 g/mol. The van der Waals surface area contributed by atoms with E-state index in [0.717, 1.165) is 19.7 Å². The number of hydrogen-bond acceptors (Lipinski definition) is 3. The van der Waals surface area contributed by atoms with Gasteiger partial charge in [-0.1, -0.05) is 17.7 Å². The molecule has 1 N–H and O–H groups in total. The minimum atomic E-state index is 0.797. The van der Waals surface area contributed by atoms with Crippen molar-refractivity contribution in [3.05, 3.63) is 29.8 Å². The van der Waals surface area contributed by atoms with Gasteiger partial charge in [-0.25, -0.2) is 0 Å². The summed E-state index contributed by atoms with van der Waals surface area (Å²) < 4.78 is 4.96. The Morgan fingerprint density at radius 2 is 2.19 bits per heavy atom. The van der Waals surface area contributed by atoms with Gasteiger partial charge < -0.3 is 10.1 Å². The van der Waals surface area contributed by atoms with Crippen LogP contribution in [0.5, 0.6) is 0 Å². The number of hydrogen-bond donors (Lipinski definition) is 1. The fourth-order valence-electron chi connectivity index (χ4n) is 1.39. The number of benzene rings is 1. The highest BCUT2D eigenvalue weighted by Crippen LogP contribution is 2.19. The van der Waals surface area contributed by atoms with Crippen LogP contribution in [0.1, 0.15) is 12.0 Å². The zero-order chi connectivity index (χ0) is 11.6. The van der Waals surface area contributed by atoms with Crippen molar-refractivity contribution in [2.24, 2.45) is 0 Å². The van der Waals surface area contributed by atoms with Crippen LogP contribution in [0.2, 0.25) is 0 Å². The van der Waals surface area contributed by atoms with Gasteiger partial charge in [0, 0.05) is 18.6 Å². The fraction of sp³-hybridized carbons (Fsp3) is 0.538. The zero-order valence-corrected chi connectivity index (χ0v) is 11.0. The number of methoxy groups -OCH3 is 1. The molecule has 0 heterocycles. The summed E-state index contributed by atoms with van der Waals surface area (Å²) in [7, 11) is 1.73. The molecule has 0 saturated heterocycles. The summed E-state index contributed by atoms with van der Waals surface area (Å²) in [6.45, 7) is 4.95. The van der Waals surface area contributed by atoms with Gasteiger partial charge in [-0.3, -0.25) is 0 Å². The normalized spacial score (nSPS) is 10.6. The Bertz CT molecular complexity index is 291. The van der Waals surface area contributed by atoms with Crippen LogP contribution in [0.25, 0.3) is 0 Å². The van der Waals surface area contributed by atoms with E-state index in [1.54, 1.807) is 7.11 Å². The molecule has 0 aromatic heterocycles. The first-order chi connectivity index (χ1) is 7.83. The summed E-state index contributed by atoms with van der Waals surface area (Å²) in [5.41, 5.74) is 1.34. The maximum atomic E-state index is 4.96. The molecule has 90 valence electrons. The maximum Gasteiger partial charge on any atom is 0.0587 e. The topological polar surface area (TPSA) is 21.3 Å². The van der Waals surface area contributed by atoms with Crippen molar-refractivity contribution in [3.63, 3.8) is 0 Å². The van der Waals surface area contributed by atoms with Crippen molar-refractivity contribution in [2.45, 2.75) is 18.2 Å². The van der Waals surface area contributed by atoms with Crippen molar-refractivity contribution < 1.29 is 4.74 Å². The first-order valence-electron chi connectivity index (χ1n) is 5.72. The molecule has 0 aliphatic rings. The van der Waals surface area contributed by atoms with Gasteiger partial charge in [-0.05, 0) is 37.8 Å². The quantitative estimate of drug-likeness (QED) is 0.557. The summed E-state index contributed by atoms with van der Waals surface area (Å²) in [6.07, 6.45) is 1.20. The molecular formula is C13H21NOS. The van der Waals surface area contributed by atoms with E-state index in [9.17, 15) is 0 Å². The molecule has 0 aliphatic heterocycles.